The van der Waals surface area contributed by atoms with Gasteiger partial charge in [0.2, 0.25) is 0 Å². The highest BCUT2D eigenvalue weighted by Crippen LogP contribution is 2.35. The molecule has 1 aliphatic carbocycles. The number of aryl methyl sites for hydroxylation is 1. The molecule has 1 aliphatic rings. The van der Waals surface area contributed by atoms with E-state index >= 15 is 0 Å². The number of alkyl halides is 3. The predicted octanol–water partition coefficient (Wildman–Crippen LogP) is 5.41. The van der Waals surface area contributed by atoms with Crippen molar-refractivity contribution in [3.63, 3.8) is 0 Å². The van der Waals surface area contributed by atoms with E-state index in [1.165, 1.54) is 6.07 Å². The van der Waals surface area contributed by atoms with Gasteiger partial charge in [0.05, 0.1) is 16.6 Å². The van der Waals surface area contributed by atoms with Crippen molar-refractivity contribution in [2.45, 2.75) is 63.8 Å². The van der Waals surface area contributed by atoms with Crippen LogP contribution < -0.4 is 0 Å². The van der Waals surface area contributed by atoms with E-state index in [2.05, 4.69) is 0 Å². The Hall–Kier alpha value is -1.11. The van der Waals surface area contributed by atoms with E-state index in [1.54, 1.807) is 13.8 Å². The summed E-state index contributed by atoms with van der Waals surface area (Å²) in [5.74, 6) is -0.452. The lowest BCUT2D eigenvalue weighted by atomic mass is 9.80. The topological polar surface area (TPSA) is 34.1 Å². The normalized spacial score (nSPS) is 22.0. The summed E-state index contributed by atoms with van der Waals surface area (Å²) < 4.78 is 75.7. The number of benzene rings is 1. The third-order valence-electron chi connectivity index (χ3n) is 5.33. The highest BCUT2D eigenvalue weighted by Gasteiger charge is 2.34. The minimum absolute atomic E-state index is 0.182. The first kappa shape index (κ1) is 21.2. The van der Waals surface area contributed by atoms with E-state index in [4.69, 9.17) is 0 Å². The number of rotatable bonds is 6. The van der Waals surface area contributed by atoms with E-state index in [1.807, 2.05) is 0 Å². The van der Waals surface area contributed by atoms with Gasteiger partial charge in [0.1, 0.15) is 5.82 Å². The fourth-order valence-electron chi connectivity index (χ4n) is 3.52. The summed E-state index contributed by atoms with van der Waals surface area (Å²) in [7, 11) is -3.04. The molecule has 0 radical (unpaired) electrons. The van der Waals surface area contributed by atoms with Gasteiger partial charge in [0, 0.05) is 0 Å². The van der Waals surface area contributed by atoms with Crippen LogP contribution in [-0.2, 0) is 22.4 Å². The molecule has 0 saturated heterocycles. The average Bonchev–Trinajstić information content (AvgIpc) is 2.54. The van der Waals surface area contributed by atoms with E-state index in [-0.39, 0.29) is 16.9 Å². The molecule has 1 fully saturated rings. The van der Waals surface area contributed by atoms with Crippen LogP contribution in [0, 0.1) is 17.7 Å². The molecule has 0 atom stereocenters. The summed E-state index contributed by atoms with van der Waals surface area (Å²) in [4.78, 5) is 0. The Bertz CT molecular complexity index is 703. The Morgan fingerprint density at radius 3 is 2.19 bits per heavy atom. The summed E-state index contributed by atoms with van der Waals surface area (Å²) in [5, 5.41) is -0.360. The second kappa shape index (κ2) is 8.28. The first-order valence-electron chi connectivity index (χ1n) is 9.06. The number of halogens is 4. The van der Waals surface area contributed by atoms with Gasteiger partial charge in [-0.3, -0.25) is 0 Å². The zero-order chi connectivity index (χ0) is 19.5. The molecule has 7 heteroatoms. The molecular weight excluding hydrogens is 368 g/mol. The molecular formula is C19H26F4O2S. The molecule has 1 aromatic rings. The van der Waals surface area contributed by atoms with Crippen LogP contribution >= 0.6 is 0 Å². The van der Waals surface area contributed by atoms with E-state index in [9.17, 15) is 26.0 Å². The fourth-order valence-corrected chi connectivity index (χ4v) is 4.90. The summed E-state index contributed by atoms with van der Waals surface area (Å²) in [6.07, 6.45) is 0.00844. The molecule has 0 unspecified atom stereocenters. The van der Waals surface area contributed by atoms with Crippen LogP contribution in [0.1, 0.15) is 57.1 Å². The Labute approximate surface area is 152 Å². The molecule has 0 N–H and O–H groups in total. The van der Waals surface area contributed by atoms with Crippen molar-refractivity contribution in [3.8, 4) is 0 Å². The minimum atomic E-state index is -4.68. The molecule has 2 rings (SSSR count). The molecule has 0 spiro atoms. The molecule has 0 amide bonds. The van der Waals surface area contributed by atoms with Gasteiger partial charge in [-0.05, 0) is 69.1 Å². The highest BCUT2D eigenvalue weighted by molar-refractivity contribution is 7.91. The van der Waals surface area contributed by atoms with Gasteiger partial charge in [-0.2, -0.15) is 13.2 Å². The number of hydrogen-bond acceptors (Lipinski definition) is 2. The molecule has 2 nitrogen and oxygen atoms in total. The van der Waals surface area contributed by atoms with Crippen LogP contribution in [0.4, 0.5) is 17.6 Å². The maximum Gasteiger partial charge on any atom is 0.419 e. The quantitative estimate of drug-likeness (QED) is 0.605. The monoisotopic (exact) mass is 394 g/mol. The number of hydrogen-bond donors (Lipinski definition) is 0. The standard InChI is InChI=1S/C19H26F4O2S/c1-13(2)26(24,25)12-16-7-4-14(5-8-16)3-6-15-9-10-18(20)17(11-15)19(21,22)23/h9-11,13-14,16H,3-8,12H2,1-2H3. The van der Waals surface area contributed by atoms with Crippen LogP contribution in [0.2, 0.25) is 0 Å². The third kappa shape index (κ3) is 5.69. The molecule has 0 aliphatic heterocycles. The van der Waals surface area contributed by atoms with Crippen LogP contribution in [0.5, 0.6) is 0 Å². The summed E-state index contributed by atoms with van der Waals surface area (Å²) in [6.45, 7) is 3.39. The van der Waals surface area contributed by atoms with Gasteiger partial charge in [-0.25, -0.2) is 12.8 Å². The van der Waals surface area contributed by atoms with Crippen molar-refractivity contribution in [2.24, 2.45) is 11.8 Å². The van der Waals surface area contributed by atoms with Crippen LogP contribution in [0.15, 0.2) is 18.2 Å². The molecule has 26 heavy (non-hydrogen) atoms. The second-order valence-corrected chi connectivity index (χ2v) is 10.2. The predicted molar refractivity (Wildman–Crippen MR) is 94.1 cm³/mol. The molecule has 0 aromatic heterocycles. The maximum absolute atomic E-state index is 13.3. The summed E-state index contributed by atoms with van der Waals surface area (Å²) in [5.41, 5.74) is -0.721. The molecule has 1 saturated carbocycles. The lowest BCUT2D eigenvalue weighted by molar-refractivity contribution is -0.140. The Balaban J connectivity index is 1.86. The lowest BCUT2D eigenvalue weighted by Crippen LogP contribution is -2.26. The van der Waals surface area contributed by atoms with E-state index in [0.29, 0.717) is 17.9 Å². The summed E-state index contributed by atoms with van der Waals surface area (Å²) in [6, 6.07) is 3.19. The largest absolute Gasteiger partial charge is 0.419 e. The Morgan fingerprint density at radius 2 is 1.65 bits per heavy atom. The SMILES string of the molecule is CC(C)S(=O)(=O)CC1CCC(CCc2ccc(F)c(C(F)(F)F)c2)CC1. The smallest absolute Gasteiger partial charge is 0.229 e. The fraction of sp³-hybridized carbons (Fsp3) is 0.684. The van der Waals surface area contributed by atoms with Crippen molar-refractivity contribution in [1.82, 2.24) is 0 Å². The zero-order valence-electron chi connectivity index (χ0n) is 15.2. The van der Waals surface area contributed by atoms with Crippen LogP contribution in [0.3, 0.4) is 0 Å². The lowest BCUT2D eigenvalue weighted by Gasteiger charge is -2.29. The van der Waals surface area contributed by atoms with E-state index in [0.717, 1.165) is 44.2 Å². The maximum atomic E-state index is 13.3. The molecule has 148 valence electrons. The Kier molecular flexibility index (Phi) is 6.75. The van der Waals surface area contributed by atoms with Crippen LogP contribution in [0.25, 0.3) is 0 Å². The molecule has 0 bridgehead atoms. The van der Waals surface area contributed by atoms with Crippen molar-refractivity contribution in [3.05, 3.63) is 35.1 Å². The van der Waals surface area contributed by atoms with Crippen molar-refractivity contribution in [1.29, 1.82) is 0 Å². The molecule has 0 heterocycles. The van der Waals surface area contributed by atoms with E-state index < -0.39 is 27.4 Å². The average molecular weight is 394 g/mol. The second-order valence-electron chi connectivity index (χ2n) is 7.62. The first-order chi connectivity index (χ1) is 12.0. The highest BCUT2D eigenvalue weighted by atomic mass is 32.2. The number of sulfone groups is 1. The van der Waals surface area contributed by atoms with Gasteiger partial charge in [0.15, 0.2) is 9.84 Å². The van der Waals surface area contributed by atoms with Crippen molar-refractivity contribution >= 4 is 9.84 Å². The van der Waals surface area contributed by atoms with Crippen molar-refractivity contribution < 1.29 is 26.0 Å². The minimum Gasteiger partial charge on any atom is -0.229 e. The third-order valence-corrected chi connectivity index (χ3v) is 7.70. The molecule has 1 aromatic carbocycles. The van der Waals surface area contributed by atoms with Gasteiger partial charge in [-0.15, -0.1) is 0 Å². The Morgan fingerprint density at radius 1 is 1.08 bits per heavy atom. The van der Waals surface area contributed by atoms with Crippen molar-refractivity contribution in [2.75, 3.05) is 5.75 Å². The zero-order valence-corrected chi connectivity index (χ0v) is 16.0. The van der Waals surface area contributed by atoms with Gasteiger partial charge >= 0.3 is 6.18 Å². The van der Waals surface area contributed by atoms with Gasteiger partial charge in [-0.1, -0.05) is 18.9 Å². The first-order valence-corrected chi connectivity index (χ1v) is 10.8. The van der Waals surface area contributed by atoms with Gasteiger partial charge in [0.25, 0.3) is 0 Å². The van der Waals surface area contributed by atoms with Gasteiger partial charge < -0.3 is 0 Å². The summed E-state index contributed by atoms with van der Waals surface area (Å²) >= 11 is 0. The van der Waals surface area contributed by atoms with Crippen LogP contribution in [-0.4, -0.2) is 19.4 Å².